The van der Waals surface area contributed by atoms with E-state index in [-0.39, 0.29) is 23.9 Å². The monoisotopic (exact) mass is 390 g/mol. The molecule has 0 unspecified atom stereocenters. The molecule has 3 saturated carbocycles. The highest BCUT2D eigenvalue weighted by Crippen LogP contribution is 2.67. The Balaban J connectivity index is 1.60. The zero-order valence-electron chi connectivity index (χ0n) is 17.4. The third kappa shape index (κ3) is 2.72. The molecule has 0 aliphatic heterocycles. The summed E-state index contributed by atoms with van der Waals surface area (Å²) in [5.74, 6) is 0.504. The molecule has 28 heavy (non-hydrogen) atoms. The summed E-state index contributed by atoms with van der Waals surface area (Å²) < 4.78 is 4.93. The zero-order valence-corrected chi connectivity index (χ0v) is 17.4. The summed E-state index contributed by atoms with van der Waals surface area (Å²) in [5, 5.41) is 21.6. The molecular formula is C23H34O5. The zero-order chi connectivity index (χ0) is 20.3. The number of hydrogen-bond acceptors (Lipinski definition) is 5. The number of rotatable bonds is 3. The van der Waals surface area contributed by atoms with Crippen LogP contribution in [0.4, 0.5) is 0 Å². The minimum Gasteiger partial charge on any atom is -0.458 e. The number of ketones is 1. The molecule has 4 aliphatic rings. The molecule has 5 nitrogen and oxygen atoms in total. The van der Waals surface area contributed by atoms with Gasteiger partial charge < -0.3 is 14.9 Å². The van der Waals surface area contributed by atoms with Gasteiger partial charge in [0.2, 0.25) is 5.78 Å². The van der Waals surface area contributed by atoms with Gasteiger partial charge in [-0.05, 0) is 74.5 Å². The van der Waals surface area contributed by atoms with Crippen LogP contribution in [0.25, 0.3) is 0 Å². The Kier molecular flexibility index (Phi) is 4.78. The lowest BCUT2D eigenvalue weighted by Crippen LogP contribution is -2.58. The SMILES string of the molecule is CC(=O)OCC(=O)[C@@]1(O)CC[C@@H]2[C@@H]3CC=C4C[C@@H](O)CC[C@]4(C)[C@H]3CC[C@@]21C. The number of aliphatic hydroxyl groups is 2. The van der Waals surface area contributed by atoms with Crippen LogP contribution >= 0.6 is 0 Å². The second-order valence-corrected chi connectivity index (χ2v) is 10.2. The maximum atomic E-state index is 12.9. The maximum Gasteiger partial charge on any atom is 0.303 e. The molecule has 5 heteroatoms. The van der Waals surface area contributed by atoms with E-state index in [1.807, 2.05) is 0 Å². The fourth-order valence-corrected chi connectivity index (χ4v) is 7.40. The van der Waals surface area contributed by atoms with Crippen LogP contribution in [-0.2, 0) is 14.3 Å². The van der Waals surface area contributed by atoms with E-state index in [1.165, 1.54) is 12.5 Å². The predicted octanol–water partition coefficient (Wildman–Crippen LogP) is 3.17. The molecule has 0 aromatic rings. The van der Waals surface area contributed by atoms with Crippen LogP contribution in [0, 0.1) is 28.6 Å². The Bertz CT molecular complexity index is 714. The Hall–Kier alpha value is -1.20. The number of hydrogen-bond donors (Lipinski definition) is 2. The van der Waals surface area contributed by atoms with E-state index in [0.29, 0.717) is 24.2 Å². The molecule has 156 valence electrons. The van der Waals surface area contributed by atoms with Gasteiger partial charge >= 0.3 is 5.97 Å². The number of carbonyl (C=O) groups excluding carboxylic acids is 2. The largest absolute Gasteiger partial charge is 0.458 e. The summed E-state index contributed by atoms with van der Waals surface area (Å²) in [6.07, 6.45) is 8.96. The van der Waals surface area contributed by atoms with Gasteiger partial charge in [-0.3, -0.25) is 9.59 Å². The molecule has 0 aromatic carbocycles. The van der Waals surface area contributed by atoms with Gasteiger partial charge in [0, 0.05) is 12.3 Å². The standard InChI is InChI=1S/C23H34O5/c1-14(24)28-13-20(26)23(27)11-8-19-17-5-4-15-12-16(25)6-9-21(15,2)18(17)7-10-22(19,23)3/h4,16-19,25,27H,5-13H2,1-3H3/t16-,17+,18-,19+,21-,22-,23-/m0/s1. The van der Waals surface area contributed by atoms with E-state index < -0.39 is 17.0 Å². The van der Waals surface area contributed by atoms with E-state index in [4.69, 9.17) is 4.74 Å². The van der Waals surface area contributed by atoms with Crippen LogP contribution in [0.1, 0.15) is 72.1 Å². The number of aliphatic hydroxyl groups excluding tert-OH is 1. The summed E-state index contributed by atoms with van der Waals surface area (Å²) in [6.45, 7) is 5.41. The third-order valence-corrected chi connectivity index (χ3v) is 9.10. The van der Waals surface area contributed by atoms with Gasteiger partial charge in [0.15, 0.2) is 6.61 Å². The molecule has 0 radical (unpaired) electrons. The molecule has 0 saturated heterocycles. The lowest BCUT2D eigenvalue weighted by molar-refractivity contribution is -0.168. The highest BCUT2D eigenvalue weighted by Gasteiger charge is 2.66. The van der Waals surface area contributed by atoms with Crippen molar-refractivity contribution in [1.29, 1.82) is 0 Å². The first kappa shape index (κ1) is 20.1. The first-order valence-electron chi connectivity index (χ1n) is 10.9. The highest BCUT2D eigenvalue weighted by molar-refractivity contribution is 5.90. The number of ether oxygens (including phenoxy) is 1. The lowest BCUT2D eigenvalue weighted by atomic mass is 9.46. The van der Waals surface area contributed by atoms with Gasteiger partial charge in [-0.1, -0.05) is 25.5 Å². The average Bonchev–Trinajstić information content (AvgIpc) is 2.92. The van der Waals surface area contributed by atoms with Gasteiger partial charge in [-0.25, -0.2) is 0 Å². The quantitative estimate of drug-likeness (QED) is 0.571. The fourth-order valence-electron chi connectivity index (χ4n) is 7.40. The summed E-state index contributed by atoms with van der Waals surface area (Å²) in [4.78, 5) is 24.0. The smallest absolute Gasteiger partial charge is 0.303 e. The molecule has 0 heterocycles. The van der Waals surface area contributed by atoms with Crippen molar-refractivity contribution >= 4 is 11.8 Å². The normalized spacial score (nSPS) is 47.4. The van der Waals surface area contributed by atoms with Crippen LogP contribution in [0.5, 0.6) is 0 Å². The van der Waals surface area contributed by atoms with E-state index >= 15 is 0 Å². The summed E-state index contributed by atoms with van der Waals surface area (Å²) in [7, 11) is 0. The summed E-state index contributed by atoms with van der Waals surface area (Å²) in [5.41, 5.74) is -0.283. The second-order valence-electron chi connectivity index (χ2n) is 10.2. The lowest BCUT2D eigenvalue weighted by Gasteiger charge is -2.58. The Morgan fingerprint density at radius 2 is 1.86 bits per heavy atom. The van der Waals surface area contributed by atoms with Crippen molar-refractivity contribution in [3.63, 3.8) is 0 Å². The number of carbonyl (C=O) groups is 2. The molecule has 7 atom stereocenters. The van der Waals surface area contributed by atoms with E-state index in [1.54, 1.807) is 0 Å². The molecule has 3 fully saturated rings. The fraction of sp³-hybridized carbons (Fsp3) is 0.826. The molecule has 4 rings (SSSR count). The van der Waals surface area contributed by atoms with Gasteiger partial charge in [-0.15, -0.1) is 0 Å². The van der Waals surface area contributed by atoms with Crippen molar-refractivity contribution in [2.45, 2.75) is 83.8 Å². The number of fused-ring (bicyclic) bond motifs is 5. The number of esters is 1. The van der Waals surface area contributed by atoms with Crippen LogP contribution < -0.4 is 0 Å². The van der Waals surface area contributed by atoms with Crippen molar-refractivity contribution in [2.24, 2.45) is 28.6 Å². The number of Topliss-reactive ketones (excluding diaryl/α,β-unsaturated/α-hetero) is 1. The minimum atomic E-state index is -1.40. The minimum absolute atomic E-state index is 0.145. The van der Waals surface area contributed by atoms with Crippen molar-refractivity contribution < 1.29 is 24.5 Å². The Morgan fingerprint density at radius 1 is 1.14 bits per heavy atom. The highest BCUT2D eigenvalue weighted by atomic mass is 16.5. The van der Waals surface area contributed by atoms with Crippen LogP contribution in [0.15, 0.2) is 11.6 Å². The number of allylic oxidation sites excluding steroid dienone is 1. The van der Waals surface area contributed by atoms with Crippen molar-refractivity contribution in [1.82, 2.24) is 0 Å². The van der Waals surface area contributed by atoms with E-state index in [2.05, 4.69) is 19.9 Å². The van der Waals surface area contributed by atoms with Crippen molar-refractivity contribution in [3.8, 4) is 0 Å². The molecule has 4 aliphatic carbocycles. The van der Waals surface area contributed by atoms with Crippen molar-refractivity contribution in [2.75, 3.05) is 6.61 Å². The third-order valence-electron chi connectivity index (χ3n) is 9.10. The van der Waals surface area contributed by atoms with Crippen LogP contribution in [-0.4, -0.2) is 40.3 Å². The Morgan fingerprint density at radius 3 is 2.57 bits per heavy atom. The second kappa shape index (κ2) is 6.66. The molecule has 2 N–H and O–H groups in total. The van der Waals surface area contributed by atoms with Gasteiger partial charge in [0.05, 0.1) is 6.10 Å². The summed E-state index contributed by atoms with van der Waals surface area (Å²) >= 11 is 0. The molecule has 0 spiro atoms. The van der Waals surface area contributed by atoms with Crippen molar-refractivity contribution in [3.05, 3.63) is 11.6 Å². The maximum absolute atomic E-state index is 12.9. The summed E-state index contributed by atoms with van der Waals surface area (Å²) in [6, 6.07) is 0. The van der Waals surface area contributed by atoms with Crippen LogP contribution in [0.2, 0.25) is 0 Å². The molecule has 0 bridgehead atoms. The molecule has 0 aromatic heterocycles. The van der Waals surface area contributed by atoms with Gasteiger partial charge in [-0.2, -0.15) is 0 Å². The van der Waals surface area contributed by atoms with Gasteiger partial charge in [0.1, 0.15) is 5.60 Å². The first-order chi connectivity index (χ1) is 13.1. The average molecular weight is 391 g/mol. The van der Waals surface area contributed by atoms with Crippen LogP contribution in [0.3, 0.4) is 0 Å². The molecule has 0 amide bonds. The molecular weight excluding hydrogens is 356 g/mol. The first-order valence-corrected chi connectivity index (χ1v) is 10.9. The Labute approximate surface area is 167 Å². The van der Waals surface area contributed by atoms with E-state index in [0.717, 1.165) is 44.9 Å². The topological polar surface area (TPSA) is 83.8 Å². The predicted molar refractivity (Wildman–Crippen MR) is 104 cm³/mol. The van der Waals surface area contributed by atoms with Gasteiger partial charge in [0.25, 0.3) is 0 Å². The van der Waals surface area contributed by atoms with E-state index in [9.17, 15) is 19.8 Å².